The van der Waals surface area contributed by atoms with Gasteiger partial charge in [0.15, 0.2) is 0 Å². The van der Waals surface area contributed by atoms with Crippen LogP contribution in [0.2, 0.25) is 0 Å². The van der Waals surface area contributed by atoms with Gasteiger partial charge in [0.2, 0.25) is 0 Å². The molecule has 124 valence electrons. The second-order valence-corrected chi connectivity index (χ2v) is 7.50. The van der Waals surface area contributed by atoms with E-state index in [9.17, 15) is 0 Å². The van der Waals surface area contributed by atoms with E-state index in [-0.39, 0.29) is 0 Å². The van der Waals surface area contributed by atoms with Crippen LogP contribution in [-0.2, 0) is 4.74 Å². The molecular formula is C18H36N2O. The van der Waals surface area contributed by atoms with Gasteiger partial charge in [0.1, 0.15) is 0 Å². The van der Waals surface area contributed by atoms with Crippen molar-refractivity contribution in [2.75, 3.05) is 26.2 Å². The smallest absolute Gasteiger partial charge is 0.0700 e. The fourth-order valence-electron chi connectivity index (χ4n) is 3.78. The maximum absolute atomic E-state index is 5.70. The first-order valence-corrected chi connectivity index (χ1v) is 9.25. The van der Waals surface area contributed by atoms with E-state index in [1.54, 1.807) is 0 Å². The quantitative estimate of drug-likeness (QED) is 0.705. The van der Waals surface area contributed by atoms with Gasteiger partial charge in [-0.2, -0.15) is 0 Å². The zero-order valence-corrected chi connectivity index (χ0v) is 14.4. The van der Waals surface area contributed by atoms with Gasteiger partial charge in [-0.25, -0.2) is 0 Å². The van der Waals surface area contributed by atoms with Crippen molar-refractivity contribution in [2.24, 2.45) is 5.92 Å². The van der Waals surface area contributed by atoms with E-state index in [0.29, 0.717) is 12.1 Å². The summed E-state index contributed by atoms with van der Waals surface area (Å²) >= 11 is 0. The highest BCUT2D eigenvalue weighted by molar-refractivity contribution is 4.82. The Hall–Kier alpha value is -0.120. The Labute approximate surface area is 131 Å². The lowest BCUT2D eigenvalue weighted by atomic mass is 10.1. The number of hydrogen-bond donors (Lipinski definition) is 1. The van der Waals surface area contributed by atoms with E-state index in [1.807, 2.05) is 0 Å². The fraction of sp³-hybridized carbons (Fsp3) is 1.00. The molecule has 3 nitrogen and oxygen atoms in total. The molecule has 1 aliphatic heterocycles. The molecule has 0 bridgehead atoms. The molecule has 1 saturated carbocycles. The van der Waals surface area contributed by atoms with Gasteiger partial charge in [-0.3, -0.25) is 4.90 Å². The van der Waals surface area contributed by atoms with Crippen molar-refractivity contribution in [1.82, 2.24) is 10.2 Å². The second-order valence-electron chi connectivity index (χ2n) is 7.50. The first kappa shape index (κ1) is 17.2. The maximum atomic E-state index is 5.70. The molecule has 2 rings (SSSR count). The Morgan fingerprint density at radius 2 is 1.86 bits per heavy atom. The molecule has 0 aromatic rings. The minimum Gasteiger partial charge on any atom is -0.377 e. The number of hydrogen-bond acceptors (Lipinski definition) is 3. The van der Waals surface area contributed by atoms with Crippen LogP contribution in [0.3, 0.4) is 0 Å². The zero-order valence-electron chi connectivity index (χ0n) is 14.4. The predicted octanol–water partition coefficient (Wildman–Crippen LogP) is 3.43. The lowest BCUT2D eigenvalue weighted by Crippen LogP contribution is -2.47. The van der Waals surface area contributed by atoms with E-state index >= 15 is 0 Å². The Balaban J connectivity index is 1.73. The number of ether oxygens (including phenoxy) is 1. The zero-order chi connectivity index (χ0) is 15.1. The average molecular weight is 296 g/mol. The molecule has 21 heavy (non-hydrogen) atoms. The van der Waals surface area contributed by atoms with Crippen LogP contribution in [0.1, 0.15) is 65.7 Å². The number of rotatable bonds is 9. The van der Waals surface area contributed by atoms with Crippen LogP contribution in [0.25, 0.3) is 0 Å². The second kappa shape index (κ2) is 9.12. The summed E-state index contributed by atoms with van der Waals surface area (Å²) in [7, 11) is 0. The van der Waals surface area contributed by atoms with Crippen LogP contribution in [0, 0.1) is 5.92 Å². The standard InChI is InChI=1S/C18H36N2O/c1-15(2)10-11-20(17-7-4-5-8-17)16(3)13-19-14-18-9-6-12-21-18/h15-19H,4-14H2,1-3H3. The molecular weight excluding hydrogens is 260 g/mol. The summed E-state index contributed by atoms with van der Waals surface area (Å²) in [5, 5.41) is 3.65. The average Bonchev–Trinajstić information content (AvgIpc) is 3.11. The van der Waals surface area contributed by atoms with Gasteiger partial charge in [-0.1, -0.05) is 26.7 Å². The number of nitrogens with one attached hydrogen (secondary N) is 1. The maximum Gasteiger partial charge on any atom is 0.0700 e. The van der Waals surface area contributed by atoms with Gasteiger partial charge in [-0.05, 0) is 51.5 Å². The van der Waals surface area contributed by atoms with Gasteiger partial charge in [-0.15, -0.1) is 0 Å². The minimum atomic E-state index is 0.466. The van der Waals surface area contributed by atoms with E-state index < -0.39 is 0 Å². The van der Waals surface area contributed by atoms with Crippen molar-refractivity contribution in [2.45, 2.75) is 83.9 Å². The van der Waals surface area contributed by atoms with Crippen LogP contribution < -0.4 is 5.32 Å². The van der Waals surface area contributed by atoms with Crippen LogP contribution in [0.15, 0.2) is 0 Å². The molecule has 2 aliphatic rings. The molecule has 3 heteroatoms. The molecule has 2 unspecified atom stereocenters. The Kier molecular flexibility index (Phi) is 7.48. The monoisotopic (exact) mass is 296 g/mol. The largest absolute Gasteiger partial charge is 0.377 e. The normalized spacial score (nSPS) is 25.3. The third kappa shape index (κ3) is 5.88. The summed E-state index contributed by atoms with van der Waals surface area (Å²) in [6, 6.07) is 1.48. The highest BCUT2D eigenvalue weighted by Gasteiger charge is 2.26. The lowest BCUT2D eigenvalue weighted by molar-refractivity contribution is 0.101. The SMILES string of the molecule is CC(C)CCN(C(C)CNCC1CCCO1)C1CCCC1. The van der Waals surface area contributed by atoms with E-state index in [4.69, 9.17) is 4.74 Å². The molecule has 2 atom stereocenters. The predicted molar refractivity (Wildman–Crippen MR) is 89.7 cm³/mol. The van der Waals surface area contributed by atoms with Crippen molar-refractivity contribution >= 4 is 0 Å². The molecule has 0 spiro atoms. The van der Waals surface area contributed by atoms with E-state index in [1.165, 1.54) is 51.5 Å². The highest BCUT2D eigenvalue weighted by Crippen LogP contribution is 2.25. The van der Waals surface area contributed by atoms with Gasteiger partial charge < -0.3 is 10.1 Å². The lowest BCUT2D eigenvalue weighted by Gasteiger charge is -2.35. The molecule has 2 fully saturated rings. The molecule has 0 aromatic carbocycles. The summed E-state index contributed by atoms with van der Waals surface area (Å²) in [6.45, 7) is 11.5. The number of nitrogens with zero attached hydrogens (tertiary/aromatic N) is 1. The van der Waals surface area contributed by atoms with Crippen molar-refractivity contribution in [3.8, 4) is 0 Å². The molecule has 1 N–H and O–H groups in total. The van der Waals surface area contributed by atoms with Crippen molar-refractivity contribution < 1.29 is 4.74 Å². The first-order valence-electron chi connectivity index (χ1n) is 9.25. The molecule has 1 saturated heterocycles. The summed E-state index contributed by atoms with van der Waals surface area (Å²) in [6.07, 6.45) is 9.95. The molecule has 0 amide bonds. The summed E-state index contributed by atoms with van der Waals surface area (Å²) in [5.74, 6) is 0.806. The molecule has 0 radical (unpaired) electrons. The molecule has 1 aliphatic carbocycles. The highest BCUT2D eigenvalue weighted by atomic mass is 16.5. The topological polar surface area (TPSA) is 24.5 Å². The van der Waals surface area contributed by atoms with E-state index in [2.05, 4.69) is 31.0 Å². The van der Waals surface area contributed by atoms with Crippen molar-refractivity contribution in [1.29, 1.82) is 0 Å². The summed E-state index contributed by atoms with van der Waals surface area (Å²) < 4.78 is 5.70. The Morgan fingerprint density at radius 3 is 2.48 bits per heavy atom. The van der Waals surface area contributed by atoms with Crippen LogP contribution in [0.4, 0.5) is 0 Å². The summed E-state index contributed by atoms with van der Waals surface area (Å²) in [5.41, 5.74) is 0. The van der Waals surface area contributed by atoms with Gasteiger partial charge >= 0.3 is 0 Å². The Morgan fingerprint density at radius 1 is 1.10 bits per heavy atom. The van der Waals surface area contributed by atoms with Gasteiger partial charge in [0.05, 0.1) is 6.10 Å². The minimum absolute atomic E-state index is 0.466. The van der Waals surface area contributed by atoms with Crippen LogP contribution >= 0.6 is 0 Å². The fourth-order valence-corrected chi connectivity index (χ4v) is 3.78. The first-order chi connectivity index (χ1) is 10.2. The molecule has 1 heterocycles. The van der Waals surface area contributed by atoms with Gasteiger partial charge in [0.25, 0.3) is 0 Å². The van der Waals surface area contributed by atoms with Crippen molar-refractivity contribution in [3.05, 3.63) is 0 Å². The summed E-state index contributed by atoms with van der Waals surface area (Å²) in [4.78, 5) is 2.79. The third-order valence-electron chi connectivity index (χ3n) is 5.16. The van der Waals surface area contributed by atoms with Crippen LogP contribution in [0.5, 0.6) is 0 Å². The van der Waals surface area contributed by atoms with Crippen LogP contribution in [-0.4, -0.2) is 49.3 Å². The van der Waals surface area contributed by atoms with Crippen molar-refractivity contribution in [3.63, 3.8) is 0 Å². The van der Waals surface area contributed by atoms with E-state index in [0.717, 1.165) is 31.7 Å². The third-order valence-corrected chi connectivity index (χ3v) is 5.16. The molecule has 0 aromatic heterocycles. The Bertz CT molecular complexity index is 270. The van der Waals surface area contributed by atoms with Gasteiger partial charge in [0, 0.05) is 31.8 Å².